The van der Waals surface area contributed by atoms with Crippen LogP contribution >= 0.6 is 0 Å². The highest BCUT2D eigenvalue weighted by Gasteiger charge is 2.26. The smallest absolute Gasteiger partial charge is 0.311 e. The maximum Gasteiger partial charge on any atom is 0.311 e. The van der Waals surface area contributed by atoms with Gasteiger partial charge in [0.15, 0.2) is 0 Å². The molecule has 1 aromatic rings. The van der Waals surface area contributed by atoms with E-state index in [2.05, 4.69) is 0 Å². The summed E-state index contributed by atoms with van der Waals surface area (Å²) < 4.78 is 5.50. The SMILES string of the molecule is CC(C)Oc1ccccc1C(CC(=O)O)C(=O)O. The Labute approximate surface area is 105 Å². The molecule has 0 aliphatic rings. The van der Waals surface area contributed by atoms with Crippen LogP contribution in [0.2, 0.25) is 0 Å². The molecule has 5 nitrogen and oxygen atoms in total. The van der Waals surface area contributed by atoms with Crippen LogP contribution in [0.1, 0.15) is 31.7 Å². The molecule has 0 bridgehead atoms. The molecule has 1 aromatic carbocycles. The Hall–Kier alpha value is -2.04. The van der Waals surface area contributed by atoms with Gasteiger partial charge in [0.2, 0.25) is 0 Å². The molecule has 1 rings (SSSR count). The third-order valence-corrected chi connectivity index (χ3v) is 2.33. The number of carbonyl (C=O) groups is 2. The van der Waals surface area contributed by atoms with Crippen molar-refractivity contribution < 1.29 is 24.5 Å². The quantitative estimate of drug-likeness (QED) is 0.810. The monoisotopic (exact) mass is 252 g/mol. The third kappa shape index (κ3) is 3.76. The van der Waals surface area contributed by atoms with E-state index in [1.807, 2.05) is 13.8 Å². The second-order valence-corrected chi connectivity index (χ2v) is 4.19. The number of carboxylic acid groups (broad SMARTS) is 2. The molecule has 18 heavy (non-hydrogen) atoms. The summed E-state index contributed by atoms with van der Waals surface area (Å²) in [7, 11) is 0. The van der Waals surface area contributed by atoms with Gasteiger partial charge in [-0.15, -0.1) is 0 Å². The molecule has 5 heteroatoms. The Balaban J connectivity index is 3.10. The largest absolute Gasteiger partial charge is 0.491 e. The number of aliphatic carboxylic acids is 2. The Morgan fingerprint density at radius 2 is 1.83 bits per heavy atom. The summed E-state index contributed by atoms with van der Waals surface area (Å²) in [6.45, 7) is 3.65. The molecular formula is C13H16O5. The fourth-order valence-electron chi connectivity index (χ4n) is 1.63. The van der Waals surface area contributed by atoms with Crippen LogP contribution in [0, 0.1) is 0 Å². The Bertz CT molecular complexity index is 439. The number of para-hydroxylation sites is 1. The molecule has 0 amide bonds. The predicted octanol–water partition coefficient (Wildman–Crippen LogP) is 2.12. The predicted molar refractivity (Wildman–Crippen MR) is 64.8 cm³/mol. The van der Waals surface area contributed by atoms with Gasteiger partial charge in [0.05, 0.1) is 18.4 Å². The minimum Gasteiger partial charge on any atom is -0.491 e. The van der Waals surface area contributed by atoms with Crippen LogP contribution in [0.25, 0.3) is 0 Å². The van der Waals surface area contributed by atoms with Crippen LogP contribution < -0.4 is 4.74 Å². The molecule has 2 N–H and O–H groups in total. The topological polar surface area (TPSA) is 83.8 Å². The fraction of sp³-hybridized carbons (Fsp3) is 0.385. The summed E-state index contributed by atoms with van der Waals surface area (Å²) in [4.78, 5) is 21.9. The van der Waals surface area contributed by atoms with Crippen LogP contribution in [0.4, 0.5) is 0 Å². The van der Waals surface area contributed by atoms with Crippen LogP contribution in [0.3, 0.4) is 0 Å². The Morgan fingerprint density at radius 1 is 1.22 bits per heavy atom. The summed E-state index contributed by atoms with van der Waals surface area (Å²) in [6.07, 6.45) is -0.571. The zero-order chi connectivity index (χ0) is 13.7. The van der Waals surface area contributed by atoms with E-state index in [-0.39, 0.29) is 6.10 Å². The Kier molecular flexibility index (Phi) is 4.71. The minimum atomic E-state index is -1.17. The zero-order valence-corrected chi connectivity index (χ0v) is 10.3. The molecule has 0 spiro atoms. The van der Waals surface area contributed by atoms with Crippen LogP contribution in [0.15, 0.2) is 24.3 Å². The number of hydrogen-bond donors (Lipinski definition) is 2. The van der Waals surface area contributed by atoms with Gasteiger partial charge in [-0.2, -0.15) is 0 Å². The van der Waals surface area contributed by atoms with Gasteiger partial charge in [0.1, 0.15) is 5.75 Å². The molecule has 0 aliphatic heterocycles. The normalized spacial score (nSPS) is 12.2. The van der Waals surface area contributed by atoms with E-state index in [1.54, 1.807) is 24.3 Å². The number of ether oxygens (including phenoxy) is 1. The molecule has 0 fully saturated rings. The molecule has 98 valence electrons. The molecule has 1 unspecified atom stereocenters. The van der Waals surface area contributed by atoms with Gasteiger partial charge in [-0.25, -0.2) is 0 Å². The Morgan fingerprint density at radius 3 is 2.33 bits per heavy atom. The molecule has 0 saturated carbocycles. The highest BCUT2D eigenvalue weighted by molar-refractivity contribution is 5.83. The standard InChI is InChI=1S/C13H16O5/c1-8(2)18-11-6-4-3-5-9(11)10(13(16)17)7-12(14)15/h3-6,8,10H,7H2,1-2H3,(H,14,15)(H,16,17). The molecule has 0 aliphatic carbocycles. The van der Waals surface area contributed by atoms with Crippen molar-refractivity contribution in [3.8, 4) is 5.75 Å². The maximum atomic E-state index is 11.2. The second kappa shape index (κ2) is 6.05. The van der Waals surface area contributed by atoms with E-state index < -0.39 is 24.3 Å². The highest BCUT2D eigenvalue weighted by Crippen LogP contribution is 2.30. The van der Waals surface area contributed by atoms with Crippen molar-refractivity contribution in [2.45, 2.75) is 32.3 Å². The van der Waals surface area contributed by atoms with Gasteiger partial charge in [-0.3, -0.25) is 9.59 Å². The first-order valence-corrected chi connectivity index (χ1v) is 5.62. The summed E-state index contributed by atoms with van der Waals surface area (Å²) in [5, 5.41) is 17.9. The van der Waals surface area contributed by atoms with Gasteiger partial charge in [0, 0.05) is 5.56 Å². The van der Waals surface area contributed by atoms with Crippen LogP contribution in [-0.2, 0) is 9.59 Å². The number of benzene rings is 1. The van der Waals surface area contributed by atoms with Crippen molar-refractivity contribution in [2.75, 3.05) is 0 Å². The summed E-state index contributed by atoms with van der Waals surface area (Å²) in [6, 6.07) is 6.62. The molecule has 0 saturated heterocycles. The number of carboxylic acids is 2. The fourth-order valence-corrected chi connectivity index (χ4v) is 1.63. The lowest BCUT2D eigenvalue weighted by Crippen LogP contribution is -2.18. The summed E-state index contributed by atoms with van der Waals surface area (Å²) in [5.74, 6) is -3.00. The lowest BCUT2D eigenvalue weighted by molar-refractivity contribution is -0.145. The highest BCUT2D eigenvalue weighted by atomic mass is 16.5. The lowest BCUT2D eigenvalue weighted by atomic mass is 9.95. The van der Waals surface area contributed by atoms with Gasteiger partial charge >= 0.3 is 11.9 Å². The van der Waals surface area contributed by atoms with Crippen molar-refractivity contribution in [2.24, 2.45) is 0 Å². The third-order valence-electron chi connectivity index (χ3n) is 2.33. The van der Waals surface area contributed by atoms with Crippen molar-refractivity contribution in [1.29, 1.82) is 0 Å². The van der Waals surface area contributed by atoms with E-state index >= 15 is 0 Å². The van der Waals surface area contributed by atoms with Crippen LogP contribution in [-0.4, -0.2) is 28.3 Å². The van der Waals surface area contributed by atoms with Crippen molar-refractivity contribution in [3.63, 3.8) is 0 Å². The van der Waals surface area contributed by atoms with E-state index in [0.29, 0.717) is 11.3 Å². The summed E-state index contributed by atoms with van der Waals surface area (Å²) in [5.41, 5.74) is 0.390. The molecule has 0 aromatic heterocycles. The van der Waals surface area contributed by atoms with E-state index in [9.17, 15) is 9.59 Å². The molecular weight excluding hydrogens is 236 g/mol. The van der Waals surface area contributed by atoms with Crippen molar-refractivity contribution in [1.82, 2.24) is 0 Å². The van der Waals surface area contributed by atoms with E-state index in [0.717, 1.165) is 0 Å². The van der Waals surface area contributed by atoms with Gasteiger partial charge in [-0.1, -0.05) is 18.2 Å². The first-order valence-electron chi connectivity index (χ1n) is 5.62. The minimum absolute atomic E-state index is 0.106. The maximum absolute atomic E-state index is 11.2. The average Bonchev–Trinajstić information content (AvgIpc) is 2.25. The zero-order valence-electron chi connectivity index (χ0n) is 10.3. The van der Waals surface area contributed by atoms with Gasteiger partial charge in [-0.05, 0) is 19.9 Å². The second-order valence-electron chi connectivity index (χ2n) is 4.19. The average molecular weight is 252 g/mol. The lowest BCUT2D eigenvalue weighted by Gasteiger charge is -2.17. The van der Waals surface area contributed by atoms with Gasteiger partial charge in [0.25, 0.3) is 0 Å². The number of hydrogen-bond acceptors (Lipinski definition) is 3. The first kappa shape index (κ1) is 14.0. The molecule has 0 radical (unpaired) electrons. The molecule has 1 atom stereocenters. The van der Waals surface area contributed by atoms with Gasteiger partial charge < -0.3 is 14.9 Å². The number of rotatable bonds is 6. The summed E-state index contributed by atoms with van der Waals surface area (Å²) >= 11 is 0. The van der Waals surface area contributed by atoms with Crippen molar-refractivity contribution in [3.05, 3.63) is 29.8 Å². The molecule has 0 heterocycles. The van der Waals surface area contributed by atoms with E-state index in [4.69, 9.17) is 14.9 Å². The first-order chi connectivity index (χ1) is 8.41. The van der Waals surface area contributed by atoms with Crippen LogP contribution in [0.5, 0.6) is 5.75 Å². The van der Waals surface area contributed by atoms with Crippen molar-refractivity contribution >= 4 is 11.9 Å². The van der Waals surface area contributed by atoms with E-state index in [1.165, 1.54) is 0 Å².